The van der Waals surface area contributed by atoms with Crippen LogP contribution in [0.2, 0.25) is 0 Å². The third kappa shape index (κ3) is 2.67. The van der Waals surface area contributed by atoms with E-state index in [0.717, 1.165) is 25.2 Å². The number of nitrogens with zero attached hydrogens (tertiary/aromatic N) is 4. The van der Waals surface area contributed by atoms with Gasteiger partial charge in [-0.1, -0.05) is 0 Å². The van der Waals surface area contributed by atoms with E-state index < -0.39 is 5.41 Å². The van der Waals surface area contributed by atoms with E-state index in [9.17, 15) is 9.59 Å². The van der Waals surface area contributed by atoms with Crippen LogP contribution >= 0.6 is 0 Å². The van der Waals surface area contributed by atoms with Crippen molar-refractivity contribution in [3.05, 3.63) is 42.4 Å². The van der Waals surface area contributed by atoms with Crippen molar-refractivity contribution in [3.63, 3.8) is 0 Å². The van der Waals surface area contributed by atoms with Gasteiger partial charge < -0.3 is 18.8 Å². The van der Waals surface area contributed by atoms with Crippen LogP contribution in [0.25, 0.3) is 0 Å². The molecule has 1 saturated carbocycles. The predicted molar refractivity (Wildman–Crippen MR) is 96.9 cm³/mol. The monoisotopic (exact) mass is 368 g/mol. The minimum absolute atomic E-state index is 0.0747. The summed E-state index contributed by atoms with van der Waals surface area (Å²) in [7, 11) is 1.93. The topological polar surface area (TPSA) is 71.6 Å². The van der Waals surface area contributed by atoms with E-state index in [0.29, 0.717) is 24.8 Å². The van der Waals surface area contributed by atoms with Gasteiger partial charge in [-0.05, 0) is 37.3 Å². The lowest BCUT2D eigenvalue weighted by molar-refractivity contribution is -0.136. The molecule has 2 saturated heterocycles. The molecular formula is C20H24N4O3. The van der Waals surface area contributed by atoms with Gasteiger partial charge in [-0.25, -0.2) is 4.98 Å². The summed E-state index contributed by atoms with van der Waals surface area (Å²) in [6, 6.07) is 3.40. The molecule has 1 spiro atoms. The van der Waals surface area contributed by atoms with Gasteiger partial charge in [-0.15, -0.1) is 0 Å². The molecule has 0 N–H and O–H groups in total. The Morgan fingerprint density at radius 3 is 2.93 bits per heavy atom. The maximum atomic E-state index is 13.5. The van der Waals surface area contributed by atoms with Gasteiger partial charge in [0.05, 0.1) is 23.7 Å². The molecule has 27 heavy (non-hydrogen) atoms. The van der Waals surface area contributed by atoms with Crippen molar-refractivity contribution in [2.75, 3.05) is 26.2 Å². The van der Waals surface area contributed by atoms with Gasteiger partial charge in [0.2, 0.25) is 5.91 Å². The number of furan rings is 1. The minimum Gasteiger partial charge on any atom is -0.459 e. The van der Waals surface area contributed by atoms with Crippen molar-refractivity contribution in [1.82, 2.24) is 19.4 Å². The standard InChI is InChI=1S/C20H24N4O3/c1-22-11-16(21-13-22)15-10-24(18(25)17-3-2-8-27-17)12-20(15)6-7-23(19(20)26)9-14-4-5-14/h2-3,8,11,13-15H,4-7,9-10,12H2,1H3/t15-,20+/m0/s1. The summed E-state index contributed by atoms with van der Waals surface area (Å²) < 4.78 is 7.21. The van der Waals surface area contributed by atoms with Gasteiger partial charge >= 0.3 is 0 Å². The fourth-order valence-corrected chi connectivity index (χ4v) is 4.72. The van der Waals surface area contributed by atoms with Crippen molar-refractivity contribution in [1.29, 1.82) is 0 Å². The molecule has 1 aliphatic carbocycles. The van der Waals surface area contributed by atoms with Gasteiger partial charge in [-0.3, -0.25) is 9.59 Å². The van der Waals surface area contributed by atoms with Gasteiger partial charge in [-0.2, -0.15) is 0 Å². The normalized spacial score (nSPS) is 27.9. The third-order valence-electron chi connectivity index (χ3n) is 6.36. The van der Waals surface area contributed by atoms with Gasteiger partial charge in [0.1, 0.15) is 0 Å². The van der Waals surface area contributed by atoms with Crippen LogP contribution in [0.15, 0.2) is 35.3 Å². The largest absolute Gasteiger partial charge is 0.459 e. The van der Waals surface area contributed by atoms with Crippen LogP contribution in [-0.2, 0) is 11.8 Å². The number of hydrogen-bond donors (Lipinski definition) is 0. The minimum atomic E-state index is -0.564. The van der Waals surface area contributed by atoms with E-state index in [1.54, 1.807) is 23.4 Å². The van der Waals surface area contributed by atoms with E-state index in [1.807, 2.05) is 22.7 Å². The molecule has 142 valence electrons. The average Bonchev–Trinajstić information content (AvgIpc) is 3.06. The summed E-state index contributed by atoms with van der Waals surface area (Å²) in [5.41, 5.74) is 0.333. The molecule has 0 aromatic carbocycles. The molecule has 2 aromatic heterocycles. The first-order valence-electron chi connectivity index (χ1n) is 9.67. The quantitative estimate of drug-likeness (QED) is 0.826. The second-order valence-corrected chi connectivity index (χ2v) is 8.28. The molecule has 7 heteroatoms. The smallest absolute Gasteiger partial charge is 0.289 e. The molecule has 7 nitrogen and oxygen atoms in total. The van der Waals surface area contributed by atoms with E-state index in [2.05, 4.69) is 4.98 Å². The Morgan fingerprint density at radius 2 is 2.26 bits per heavy atom. The molecule has 2 atom stereocenters. The number of aryl methyl sites for hydroxylation is 1. The number of amides is 2. The van der Waals surface area contributed by atoms with E-state index in [-0.39, 0.29) is 17.7 Å². The molecular weight excluding hydrogens is 344 g/mol. The van der Waals surface area contributed by atoms with E-state index in [4.69, 9.17) is 4.42 Å². The second-order valence-electron chi connectivity index (χ2n) is 8.28. The SMILES string of the molecule is Cn1cnc([C@@H]2CN(C(=O)c3ccco3)C[C@]23CCN(CC2CC2)C3=O)c1. The van der Waals surface area contributed by atoms with Crippen molar-refractivity contribution in [2.24, 2.45) is 18.4 Å². The molecule has 2 amide bonds. The molecule has 5 rings (SSSR count). The molecule has 4 heterocycles. The Labute approximate surface area is 157 Å². The van der Waals surface area contributed by atoms with Crippen LogP contribution in [0.3, 0.4) is 0 Å². The Morgan fingerprint density at radius 1 is 1.41 bits per heavy atom. The van der Waals surface area contributed by atoms with Crippen LogP contribution < -0.4 is 0 Å². The van der Waals surface area contributed by atoms with Crippen molar-refractivity contribution in [2.45, 2.75) is 25.2 Å². The third-order valence-corrected chi connectivity index (χ3v) is 6.36. The zero-order valence-electron chi connectivity index (χ0n) is 15.5. The number of imidazole rings is 1. The molecule has 3 fully saturated rings. The highest BCUT2D eigenvalue weighted by Crippen LogP contribution is 2.50. The number of likely N-dealkylation sites (tertiary alicyclic amines) is 2. The van der Waals surface area contributed by atoms with Crippen molar-refractivity contribution < 1.29 is 14.0 Å². The number of carbonyl (C=O) groups is 2. The molecule has 0 unspecified atom stereocenters. The first kappa shape index (κ1) is 16.6. The summed E-state index contributed by atoms with van der Waals surface area (Å²) >= 11 is 0. The van der Waals surface area contributed by atoms with Crippen molar-refractivity contribution in [3.8, 4) is 0 Å². The first-order valence-corrected chi connectivity index (χ1v) is 9.67. The number of carbonyl (C=O) groups excluding carboxylic acids is 2. The highest BCUT2D eigenvalue weighted by atomic mass is 16.3. The Hall–Kier alpha value is -2.57. The maximum Gasteiger partial charge on any atom is 0.289 e. The van der Waals surface area contributed by atoms with Crippen LogP contribution in [0, 0.1) is 11.3 Å². The summed E-state index contributed by atoms with van der Waals surface area (Å²) in [6.45, 7) is 2.58. The number of rotatable bonds is 4. The first-order chi connectivity index (χ1) is 13.1. The van der Waals surface area contributed by atoms with E-state index in [1.165, 1.54) is 19.1 Å². The predicted octanol–water partition coefficient (Wildman–Crippen LogP) is 1.88. The number of hydrogen-bond acceptors (Lipinski definition) is 4. The Kier molecular flexibility index (Phi) is 3.67. The zero-order valence-corrected chi connectivity index (χ0v) is 15.5. The highest BCUT2D eigenvalue weighted by molar-refractivity contribution is 5.94. The molecule has 2 aromatic rings. The molecule has 3 aliphatic rings. The molecule has 2 aliphatic heterocycles. The average molecular weight is 368 g/mol. The summed E-state index contributed by atoms with van der Waals surface area (Å²) in [5, 5.41) is 0. The van der Waals surface area contributed by atoms with Gasteiger partial charge in [0.15, 0.2) is 5.76 Å². The lowest BCUT2D eigenvalue weighted by atomic mass is 9.75. The summed E-state index contributed by atoms with van der Waals surface area (Å²) in [5.74, 6) is 0.965. The lowest BCUT2D eigenvalue weighted by Gasteiger charge is -2.27. The van der Waals surface area contributed by atoms with Crippen LogP contribution in [0.1, 0.15) is 41.4 Å². The van der Waals surface area contributed by atoms with Crippen LogP contribution in [0.5, 0.6) is 0 Å². The zero-order chi connectivity index (χ0) is 18.6. The maximum absolute atomic E-state index is 13.5. The fraction of sp³-hybridized carbons (Fsp3) is 0.550. The Balaban J connectivity index is 1.47. The summed E-state index contributed by atoms with van der Waals surface area (Å²) in [6.07, 6.45) is 8.48. The van der Waals surface area contributed by atoms with Gasteiger partial charge in [0.25, 0.3) is 5.91 Å². The van der Waals surface area contributed by atoms with Crippen LogP contribution in [0.4, 0.5) is 0 Å². The van der Waals surface area contributed by atoms with Crippen LogP contribution in [-0.4, -0.2) is 57.3 Å². The fourth-order valence-electron chi connectivity index (χ4n) is 4.72. The van der Waals surface area contributed by atoms with E-state index >= 15 is 0 Å². The lowest BCUT2D eigenvalue weighted by Crippen LogP contribution is -2.41. The summed E-state index contributed by atoms with van der Waals surface area (Å²) in [4.78, 5) is 34.7. The highest BCUT2D eigenvalue weighted by Gasteiger charge is 2.59. The van der Waals surface area contributed by atoms with Gasteiger partial charge in [0, 0.05) is 45.3 Å². The Bertz CT molecular complexity index is 870. The molecule has 0 bridgehead atoms. The second kappa shape index (κ2) is 5.97. The number of aromatic nitrogens is 2. The molecule has 0 radical (unpaired) electrons. The van der Waals surface area contributed by atoms with Crippen molar-refractivity contribution >= 4 is 11.8 Å².